The number of nitrogens with zero attached hydrogens (tertiary/aromatic N) is 2. The van der Waals surface area contributed by atoms with E-state index in [-0.39, 0.29) is 11.3 Å². The van der Waals surface area contributed by atoms with Crippen molar-refractivity contribution < 1.29 is 28.6 Å². The van der Waals surface area contributed by atoms with Crippen LogP contribution in [-0.4, -0.2) is 35.5 Å². The van der Waals surface area contributed by atoms with E-state index in [4.69, 9.17) is 18.9 Å². The lowest BCUT2D eigenvalue weighted by molar-refractivity contribution is -0.117. The number of ether oxygens (including phenoxy) is 2. The zero-order chi connectivity index (χ0) is 27.8. The summed E-state index contributed by atoms with van der Waals surface area (Å²) in [7, 11) is 1.53. The third-order valence-corrected chi connectivity index (χ3v) is 7.70. The molecule has 1 N–H and O–H groups in total. The van der Waals surface area contributed by atoms with Crippen LogP contribution in [0.25, 0.3) is 10.2 Å². The number of thiazole rings is 1. The Balaban J connectivity index is 1.66. The van der Waals surface area contributed by atoms with E-state index in [2.05, 4.69) is 6.92 Å². The maximum atomic E-state index is 13.7. The van der Waals surface area contributed by atoms with Gasteiger partial charge >= 0.3 is 0 Å². The number of aryl methyl sites for hydroxylation is 3. The lowest BCUT2D eigenvalue weighted by Crippen LogP contribution is -2.31. The molecule has 1 amide bonds. The first-order chi connectivity index (χ1) is 18.7. The Hall–Kier alpha value is -4.11. The van der Waals surface area contributed by atoms with E-state index < -0.39 is 23.5 Å². The first-order valence-electron chi connectivity index (χ1n) is 12.8. The van der Waals surface area contributed by atoms with Crippen LogP contribution in [0.3, 0.4) is 0 Å². The van der Waals surface area contributed by atoms with Crippen LogP contribution in [0.4, 0.5) is 5.13 Å². The van der Waals surface area contributed by atoms with Gasteiger partial charge in [0.1, 0.15) is 5.76 Å². The number of fused-ring (bicyclic) bond motifs is 1. The molecule has 1 atom stereocenters. The number of aliphatic hydroxyl groups is 1. The Bertz CT molecular complexity index is 1610. The molecule has 9 heteroatoms. The van der Waals surface area contributed by atoms with Gasteiger partial charge in [-0.1, -0.05) is 36.8 Å². The number of anilines is 1. The molecule has 202 valence electrons. The van der Waals surface area contributed by atoms with Crippen LogP contribution in [-0.2, 0) is 4.79 Å². The molecule has 0 radical (unpaired) electrons. The van der Waals surface area contributed by atoms with Crippen molar-refractivity contribution in [3.05, 3.63) is 82.0 Å². The lowest BCUT2D eigenvalue weighted by atomic mass is 9.95. The lowest BCUT2D eigenvalue weighted by Gasteiger charge is -2.25. The number of hydrogen-bond acceptors (Lipinski definition) is 8. The molecule has 8 nitrogen and oxygen atoms in total. The summed E-state index contributed by atoms with van der Waals surface area (Å²) in [5, 5.41) is 11.5. The molecule has 39 heavy (non-hydrogen) atoms. The summed E-state index contributed by atoms with van der Waals surface area (Å²) in [5.41, 5.74) is 3.30. The van der Waals surface area contributed by atoms with E-state index in [1.165, 1.54) is 29.4 Å². The highest BCUT2D eigenvalue weighted by molar-refractivity contribution is 7.22. The van der Waals surface area contributed by atoms with Gasteiger partial charge in [0.05, 0.1) is 35.5 Å². The van der Waals surface area contributed by atoms with Gasteiger partial charge < -0.3 is 19.0 Å². The number of unbranched alkanes of at least 4 members (excludes halogenated alkanes) is 1. The summed E-state index contributed by atoms with van der Waals surface area (Å²) < 4.78 is 18.0. The molecule has 0 aliphatic carbocycles. The van der Waals surface area contributed by atoms with Crippen molar-refractivity contribution in [2.45, 2.75) is 46.6 Å². The van der Waals surface area contributed by atoms with Gasteiger partial charge in [-0.15, -0.1) is 0 Å². The Kier molecular flexibility index (Phi) is 7.18. The molecule has 1 aliphatic rings. The minimum Gasteiger partial charge on any atom is -0.503 e. The monoisotopic (exact) mass is 546 g/mol. The predicted molar refractivity (Wildman–Crippen MR) is 150 cm³/mol. The molecule has 0 saturated heterocycles. The van der Waals surface area contributed by atoms with Crippen LogP contribution in [0.1, 0.15) is 58.8 Å². The number of carbonyl (C=O) groups is 2. The summed E-state index contributed by atoms with van der Waals surface area (Å²) in [5.74, 6) is -0.315. The van der Waals surface area contributed by atoms with Gasteiger partial charge in [-0.3, -0.25) is 14.5 Å². The van der Waals surface area contributed by atoms with E-state index >= 15 is 0 Å². The van der Waals surface area contributed by atoms with Crippen molar-refractivity contribution in [1.82, 2.24) is 4.98 Å². The Morgan fingerprint density at radius 3 is 2.62 bits per heavy atom. The van der Waals surface area contributed by atoms with Crippen molar-refractivity contribution >= 4 is 38.4 Å². The maximum Gasteiger partial charge on any atom is 0.296 e. The van der Waals surface area contributed by atoms with Gasteiger partial charge in [-0.05, 0) is 74.2 Å². The normalized spacial score (nSPS) is 15.5. The topological polar surface area (TPSA) is 102 Å². The smallest absolute Gasteiger partial charge is 0.296 e. The summed E-state index contributed by atoms with van der Waals surface area (Å²) >= 11 is 1.33. The van der Waals surface area contributed by atoms with Gasteiger partial charge in [0.15, 0.2) is 28.1 Å². The second-order valence-corrected chi connectivity index (χ2v) is 10.6. The fraction of sp³-hybridized carbons (Fsp3) is 0.300. The molecular weight excluding hydrogens is 516 g/mol. The molecule has 0 fully saturated rings. The third-order valence-electron chi connectivity index (χ3n) is 6.70. The molecule has 2 aromatic heterocycles. The number of amides is 1. The first kappa shape index (κ1) is 26.5. The van der Waals surface area contributed by atoms with Crippen molar-refractivity contribution in [3.8, 4) is 11.5 Å². The predicted octanol–water partition coefficient (Wildman–Crippen LogP) is 6.78. The van der Waals surface area contributed by atoms with Crippen LogP contribution >= 0.6 is 11.3 Å². The second-order valence-electron chi connectivity index (χ2n) is 9.62. The van der Waals surface area contributed by atoms with Gasteiger partial charge in [0, 0.05) is 0 Å². The van der Waals surface area contributed by atoms with Crippen molar-refractivity contribution in [2.24, 2.45) is 0 Å². The molecule has 2 aromatic carbocycles. The van der Waals surface area contributed by atoms with Crippen molar-refractivity contribution in [3.63, 3.8) is 0 Å². The van der Waals surface area contributed by atoms with Gasteiger partial charge in [-0.25, -0.2) is 4.98 Å². The fourth-order valence-electron chi connectivity index (χ4n) is 4.80. The standard InChI is InChI=1S/C30H30N2O6S/c1-6-7-12-37-20-11-9-19(15-22(20)36-5)26-24(27(33)21-10-8-18(4)38-21)28(34)29(35)32(26)30-31-25-17(3)13-16(2)14-23(25)39-30/h8-11,13-15,26,34H,6-7,12H2,1-5H3. The van der Waals surface area contributed by atoms with Crippen LogP contribution in [0.5, 0.6) is 11.5 Å². The molecule has 0 spiro atoms. The Morgan fingerprint density at radius 1 is 1.13 bits per heavy atom. The average molecular weight is 547 g/mol. The third kappa shape index (κ3) is 4.78. The zero-order valence-corrected chi connectivity index (χ0v) is 23.3. The number of Topliss-reactive ketones (excluding diaryl/α,β-unsaturated/α-hetero) is 1. The number of ketones is 1. The number of hydrogen-bond donors (Lipinski definition) is 1. The largest absolute Gasteiger partial charge is 0.503 e. The quantitative estimate of drug-likeness (QED) is 0.182. The van der Waals surface area contributed by atoms with Crippen LogP contribution in [0, 0.1) is 20.8 Å². The number of aromatic nitrogens is 1. The highest BCUT2D eigenvalue weighted by Gasteiger charge is 2.46. The van der Waals surface area contributed by atoms with Gasteiger partial charge in [0.2, 0.25) is 5.78 Å². The summed E-state index contributed by atoms with van der Waals surface area (Å²) in [6, 6.07) is 11.5. The molecule has 3 heterocycles. The molecule has 0 bridgehead atoms. The van der Waals surface area contributed by atoms with E-state index in [0.29, 0.717) is 34.6 Å². The first-order valence-corrected chi connectivity index (χ1v) is 13.6. The number of benzene rings is 2. The average Bonchev–Trinajstić information content (AvgIpc) is 3.60. The van der Waals surface area contributed by atoms with E-state index in [1.807, 2.05) is 26.0 Å². The molecule has 1 aliphatic heterocycles. The summed E-state index contributed by atoms with van der Waals surface area (Å²) in [4.78, 5) is 33.4. The van der Waals surface area contributed by atoms with E-state index in [0.717, 1.165) is 34.2 Å². The Morgan fingerprint density at radius 2 is 1.92 bits per heavy atom. The molecule has 0 saturated carbocycles. The highest BCUT2D eigenvalue weighted by Crippen LogP contribution is 2.46. The maximum absolute atomic E-state index is 13.7. The van der Waals surface area contributed by atoms with Crippen LogP contribution in [0.2, 0.25) is 0 Å². The highest BCUT2D eigenvalue weighted by atomic mass is 32.1. The van der Waals surface area contributed by atoms with E-state index in [1.54, 1.807) is 31.2 Å². The summed E-state index contributed by atoms with van der Waals surface area (Å²) in [6.45, 7) is 8.31. The van der Waals surface area contributed by atoms with Crippen molar-refractivity contribution in [2.75, 3.05) is 18.6 Å². The van der Waals surface area contributed by atoms with Gasteiger partial charge in [0.25, 0.3) is 5.91 Å². The van der Waals surface area contributed by atoms with Crippen LogP contribution < -0.4 is 14.4 Å². The number of furan rings is 1. The Labute approximate surface area is 230 Å². The van der Waals surface area contributed by atoms with Crippen molar-refractivity contribution in [1.29, 1.82) is 0 Å². The number of methoxy groups -OCH3 is 1. The second kappa shape index (κ2) is 10.6. The number of carbonyl (C=O) groups excluding carboxylic acids is 2. The fourth-order valence-corrected chi connectivity index (χ4v) is 5.97. The molecule has 5 rings (SSSR count). The molecular formula is C30H30N2O6S. The molecule has 4 aromatic rings. The van der Waals surface area contributed by atoms with Crippen LogP contribution in [0.15, 0.2) is 58.2 Å². The van der Waals surface area contributed by atoms with Gasteiger partial charge in [-0.2, -0.15) is 0 Å². The summed E-state index contributed by atoms with van der Waals surface area (Å²) in [6.07, 6.45) is 1.88. The van der Waals surface area contributed by atoms with E-state index in [9.17, 15) is 14.7 Å². The number of aliphatic hydroxyl groups excluding tert-OH is 1. The SMILES string of the molecule is CCCCOc1ccc(C2C(C(=O)c3ccc(C)o3)=C(O)C(=O)N2c2nc3c(C)cc(C)cc3s2)cc1OC. The number of rotatable bonds is 9. The molecule has 1 unspecified atom stereocenters. The zero-order valence-electron chi connectivity index (χ0n) is 22.5. The minimum atomic E-state index is -0.962. The minimum absolute atomic E-state index is 0.0379.